The van der Waals surface area contributed by atoms with Gasteiger partial charge in [-0.2, -0.15) is 0 Å². The Morgan fingerprint density at radius 1 is 0.811 bits per heavy atom. The van der Waals surface area contributed by atoms with Gasteiger partial charge in [0.05, 0.1) is 6.42 Å². The molecule has 0 aromatic heterocycles. The number of piperazine rings is 1. The van der Waals surface area contributed by atoms with E-state index in [0.717, 1.165) is 60.3 Å². The minimum Gasteiger partial charge on any atom is -0.480 e. The van der Waals surface area contributed by atoms with Gasteiger partial charge in [-0.3, -0.25) is 14.5 Å². The average molecular weight is 497 g/mol. The van der Waals surface area contributed by atoms with Crippen LogP contribution in [0.3, 0.4) is 0 Å². The summed E-state index contributed by atoms with van der Waals surface area (Å²) in [7, 11) is 0. The van der Waals surface area contributed by atoms with Crippen molar-refractivity contribution in [2.45, 2.75) is 57.0 Å². The Hall–Kier alpha value is -3.44. The second-order valence-electron chi connectivity index (χ2n) is 10.7. The van der Waals surface area contributed by atoms with Crippen molar-refractivity contribution in [3.05, 3.63) is 95.6 Å². The number of rotatable bonds is 8. The van der Waals surface area contributed by atoms with E-state index in [1.54, 1.807) is 0 Å². The van der Waals surface area contributed by atoms with Gasteiger partial charge in [0.25, 0.3) is 0 Å². The molecule has 1 heterocycles. The van der Waals surface area contributed by atoms with Crippen LogP contribution in [0.4, 0.5) is 0 Å². The first kappa shape index (κ1) is 25.2. The van der Waals surface area contributed by atoms with Gasteiger partial charge in [0.2, 0.25) is 5.91 Å². The van der Waals surface area contributed by atoms with Gasteiger partial charge < -0.3 is 10.0 Å². The second kappa shape index (κ2) is 10.5. The standard InChI is InChI=1S/C32H36N2O3/c1-23-21-33(30(35)20-25-12-4-3-5-13-25)22-24(2)34(23)19-11-10-18-32(31(36)37)28-16-8-6-14-26(28)27-15-7-9-17-29(27)32/h3-9,12-17,23-24H,10-11,18-22H2,1-2H3,(H,36,37). The molecule has 37 heavy (non-hydrogen) atoms. The summed E-state index contributed by atoms with van der Waals surface area (Å²) >= 11 is 0. The molecular weight excluding hydrogens is 460 g/mol. The molecule has 1 fully saturated rings. The van der Waals surface area contributed by atoms with Crippen LogP contribution >= 0.6 is 0 Å². The number of benzene rings is 3. The van der Waals surface area contributed by atoms with E-state index in [9.17, 15) is 14.7 Å². The molecule has 0 saturated carbocycles. The van der Waals surface area contributed by atoms with Crippen molar-refractivity contribution in [1.29, 1.82) is 0 Å². The number of nitrogens with zero attached hydrogens (tertiary/aromatic N) is 2. The molecule has 1 aliphatic carbocycles. The summed E-state index contributed by atoms with van der Waals surface area (Å²) in [5.41, 5.74) is 3.97. The number of carbonyl (C=O) groups excluding carboxylic acids is 1. The number of fused-ring (bicyclic) bond motifs is 3. The van der Waals surface area contributed by atoms with Crippen molar-refractivity contribution in [2.75, 3.05) is 19.6 Å². The molecule has 0 spiro atoms. The minimum atomic E-state index is -0.993. The lowest BCUT2D eigenvalue weighted by Crippen LogP contribution is -2.58. The summed E-state index contributed by atoms with van der Waals surface area (Å²) in [4.78, 5) is 30.2. The summed E-state index contributed by atoms with van der Waals surface area (Å²) in [5.74, 6) is -0.580. The predicted molar refractivity (Wildman–Crippen MR) is 147 cm³/mol. The molecule has 0 radical (unpaired) electrons. The SMILES string of the molecule is CC1CN(C(=O)Cc2ccccc2)CC(C)N1CCCCC1(C(=O)O)c2ccccc2-c2ccccc21. The van der Waals surface area contributed by atoms with Crippen molar-refractivity contribution in [3.8, 4) is 11.1 Å². The first-order chi connectivity index (χ1) is 17.9. The summed E-state index contributed by atoms with van der Waals surface area (Å²) in [6, 6.07) is 26.4. The number of amides is 1. The number of unbranched alkanes of at least 4 members (excludes halogenated alkanes) is 1. The molecule has 5 nitrogen and oxygen atoms in total. The highest BCUT2D eigenvalue weighted by Crippen LogP contribution is 2.51. The fourth-order valence-corrected chi connectivity index (χ4v) is 6.50. The molecule has 1 amide bonds. The van der Waals surface area contributed by atoms with Crippen LogP contribution in [0, 0.1) is 0 Å². The molecule has 3 aromatic rings. The molecule has 1 saturated heterocycles. The van der Waals surface area contributed by atoms with Crippen LogP contribution in [-0.2, 0) is 21.4 Å². The Kier molecular flexibility index (Phi) is 7.16. The summed E-state index contributed by atoms with van der Waals surface area (Å²) in [6.07, 6.45) is 2.77. The van der Waals surface area contributed by atoms with E-state index in [4.69, 9.17) is 0 Å². The van der Waals surface area contributed by atoms with Gasteiger partial charge in [0, 0.05) is 25.2 Å². The molecule has 3 aromatic carbocycles. The van der Waals surface area contributed by atoms with Crippen molar-refractivity contribution in [2.24, 2.45) is 0 Å². The van der Waals surface area contributed by atoms with Crippen LogP contribution in [-0.4, -0.2) is 58.5 Å². The number of carboxylic acid groups (broad SMARTS) is 1. The number of aliphatic carboxylic acids is 1. The van der Waals surface area contributed by atoms with Gasteiger partial charge in [-0.1, -0.05) is 85.3 Å². The number of carbonyl (C=O) groups is 2. The van der Waals surface area contributed by atoms with Crippen molar-refractivity contribution < 1.29 is 14.7 Å². The minimum absolute atomic E-state index is 0.187. The van der Waals surface area contributed by atoms with Crippen LogP contribution in [0.15, 0.2) is 78.9 Å². The molecule has 1 aliphatic heterocycles. The number of hydrogen-bond acceptors (Lipinski definition) is 3. The molecule has 5 heteroatoms. The number of carboxylic acids is 1. The monoisotopic (exact) mass is 496 g/mol. The Labute approximate surface area is 219 Å². The third kappa shape index (κ3) is 4.69. The molecule has 0 bridgehead atoms. The van der Waals surface area contributed by atoms with Gasteiger partial charge >= 0.3 is 5.97 Å². The second-order valence-corrected chi connectivity index (χ2v) is 10.7. The first-order valence-corrected chi connectivity index (χ1v) is 13.4. The molecular formula is C32H36N2O3. The highest BCUT2D eigenvalue weighted by molar-refractivity contribution is 5.97. The van der Waals surface area contributed by atoms with Crippen LogP contribution < -0.4 is 0 Å². The predicted octanol–water partition coefficient (Wildman–Crippen LogP) is 5.37. The third-order valence-corrected chi connectivity index (χ3v) is 8.30. The lowest BCUT2D eigenvalue weighted by atomic mass is 9.74. The van der Waals surface area contributed by atoms with Crippen molar-refractivity contribution in [1.82, 2.24) is 9.80 Å². The van der Waals surface area contributed by atoms with Crippen LogP contribution in [0.5, 0.6) is 0 Å². The Morgan fingerprint density at radius 2 is 1.35 bits per heavy atom. The quantitative estimate of drug-likeness (QED) is 0.426. The van der Waals surface area contributed by atoms with Gasteiger partial charge in [-0.05, 0) is 61.1 Å². The largest absolute Gasteiger partial charge is 0.480 e. The summed E-state index contributed by atoms with van der Waals surface area (Å²) in [6.45, 7) is 6.76. The smallest absolute Gasteiger partial charge is 0.318 e. The highest BCUT2D eigenvalue weighted by Gasteiger charge is 2.48. The molecule has 5 rings (SSSR count). The van der Waals surface area contributed by atoms with Crippen LogP contribution in [0.25, 0.3) is 11.1 Å². The Balaban J connectivity index is 1.22. The fraction of sp³-hybridized carbons (Fsp3) is 0.375. The lowest BCUT2D eigenvalue weighted by molar-refractivity contribution is -0.142. The van der Waals surface area contributed by atoms with E-state index in [0.29, 0.717) is 12.8 Å². The van der Waals surface area contributed by atoms with Gasteiger partial charge in [-0.15, -0.1) is 0 Å². The zero-order valence-electron chi connectivity index (χ0n) is 21.8. The van der Waals surface area contributed by atoms with Crippen molar-refractivity contribution in [3.63, 3.8) is 0 Å². The van der Waals surface area contributed by atoms with Gasteiger partial charge in [-0.25, -0.2) is 0 Å². The average Bonchev–Trinajstić information content (AvgIpc) is 3.19. The Morgan fingerprint density at radius 3 is 1.92 bits per heavy atom. The first-order valence-electron chi connectivity index (χ1n) is 13.4. The molecule has 2 aliphatic rings. The fourth-order valence-electron chi connectivity index (χ4n) is 6.50. The maximum Gasteiger partial charge on any atom is 0.318 e. The van der Waals surface area contributed by atoms with Crippen LogP contribution in [0.2, 0.25) is 0 Å². The highest BCUT2D eigenvalue weighted by atomic mass is 16.4. The van der Waals surface area contributed by atoms with E-state index in [-0.39, 0.29) is 18.0 Å². The lowest BCUT2D eigenvalue weighted by Gasteiger charge is -2.44. The molecule has 2 unspecified atom stereocenters. The maximum atomic E-state index is 12.9. The summed E-state index contributed by atoms with van der Waals surface area (Å²) < 4.78 is 0. The normalized spacial score (nSPS) is 20.3. The number of hydrogen-bond donors (Lipinski definition) is 1. The zero-order valence-corrected chi connectivity index (χ0v) is 21.8. The molecule has 192 valence electrons. The van der Waals surface area contributed by atoms with E-state index in [2.05, 4.69) is 18.7 Å². The van der Waals surface area contributed by atoms with E-state index >= 15 is 0 Å². The molecule has 2 atom stereocenters. The van der Waals surface area contributed by atoms with E-state index < -0.39 is 11.4 Å². The summed E-state index contributed by atoms with van der Waals surface area (Å²) in [5, 5.41) is 10.5. The van der Waals surface area contributed by atoms with E-state index in [1.807, 2.05) is 83.8 Å². The molecule has 1 N–H and O–H groups in total. The maximum absolute atomic E-state index is 12.9. The van der Waals surface area contributed by atoms with E-state index in [1.165, 1.54) is 0 Å². The van der Waals surface area contributed by atoms with Gasteiger partial charge in [0.15, 0.2) is 0 Å². The van der Waals surface area contributed by atoms with Crippen molar-refractivity contribution >= 4 is 11.9 Å². The third-order valence-electron chi connectivity index (χ3n) is 8.30. The topological polar surface area (TPSA) is 60.9 Å². The van der Waals surface area contributed by atoms with Crippen LogP contribution in [0.1, 0.15) is 49.8 Å². The zero-order chi connectivity index (χ0) is 26.0. The van der Waals surface area contributed by atoms with Gasteiger partial charge in [0.1, 0.15) is 5.41 Å². The Bertz CT molecular complexity index is 1210.